The Labute approximate surface area is 125 Å². The molecule has 0 aliphatic carbocycles. The van der Waals surface area contributed by atoms with E-state index in [9.17, 15) is 0 Å². The van der Waals surface area contributed by atoms with Crippen LogP contribution >= 0.6 is 22.9 Å². The second kappa shape index (κ2) is 7.25. The van der Waals surface area contributed by atoms with E-state index in [4.69, 9.17) is 11.6 Å². The number of benzene rings is 1. The fourth-order valence-electron chi connectivity index (χ4n) is 2.45. The van der Waals surface area contributed by atoms with E-state index in [0.29, 0.717) is 5.92 Å². The van der Waals surface area contributed by atoms with Crippen molar-refractivity contribution in [2.45, 2.75) is 51.3 Å². The number of nitrogens with zero attached hydrogens (tertiary/aromatic N) is 1. The molecule has 0 spiro atoms. The maximum absolute atomic E-state index is 6.61. The number of fused-ring (bicyclic) bond motifs is 1. The molecule has 2 atom stereocenters. The minimum Gasteiger partial charge on any atom is -0.241 e. The second-order valence-electron chi connectivity index (χ2n) is 5.11. The molecular weight excluding hydrogens is 274 g/mol. The zero-order chi connectivity index (χ0) is 13.7. The molecule has 2 unspecified atom stereocenters. The van der Waals surface area contributed by atoms with Gasteiger partial charge < -0.3 is 0 Å². The van der Waals surface area contributed by atoms with Crippen LogP contribution in [0.3, 0.4) is 0 Å². The van der Waals surface area contributed by atoms with Crippen molar-refractivity contribution in [1.82, 2.24) is 4.98 Å². The predicted molar refractivity (Wildman–Crippen MR) is 86.3 cm³/mol. The number of hydrogen-bond acceptors (Lipinski definition) is 2. The van der Waals surface area contributed by atoms with Gasteiger partial charge in [-0.05, 0) is 24.5 Å². The lowest BCUT2D eigenvalue weighted by Crippen LogP contribution is -2.16. The highest BCUT2D eigenvalue weighted by atomic mass is 35.5. The maximum Gasteiger partial charge on any atom is 0.0953 e. The average molecular weight is 296 g/mol. The molecule has 1 nitrogen and oxygen atoms in total. The maximum atomic E-state index is 6.61. The number of unbranched alkanes of at least 4 members (excludes halogenated alkanes) is 1. The van der Waals surface area contributed by atoms with Crippen LogP contribution in [0.1, 0.15) is 44.5 Å². The fourth-order valence-corrected chi connectivity index (χ4v) is 4.02. The number of hydrogen-bond donors (Lipinski definition) is 0. The summed E-state index contributed by atoms with van der Waals surface area (Å²) in [7, 11) is 0. The van der Waals surface area contributed by atoms with E-state index in [-0.39, 0.29) is 5.38 Å². The van der Waals surface area contributed by atoms with Gasteiger partial charge in [-0.15, -0.1) is 22.9 Å². The van der Waals surface area contributed by atoms with Crippen molar-refractivity contribution in [1.29, 1.82) is 0 Å². The topological polar surface area (TPSA) is 12.9 Å². The highest BCUT2D eigenvalue weighted by molar-refractivity contribution is 7.18. The van der Waals surface area contributed by atoms with Crippen LogP contribution in [0.25, 0.3) is 10.2 Å². The number of rotatable bonds is 7. The molecular formula is C16H22ClNS. The van der Waals surface area contributed by atoms with Crippen molar-refractivity contribution in [3.8, 4) is 0 Å². The summed E-state index contributed by atoms with van der Waals surface area (Å²) < 4.78 is 1.27. The summed E-state index contributed by atoms with van der Waals surface area (Å²) in [5.74, 6) is 0.619. The van der Waals surface area contributed by atoms with Gasteiger partial charge in [0, 0.05) is 11.8 Å². The molecule has 0 bridgehead atoms. The lowest BCUT2D eigenvalue weighted by atomic mass is 9.94. The monoisotopic (exact) mass is 295 g/mol. The van der Waals surface area contributed by atoms with Gasteiger partial charge in [-0.2, -0.15) is 0 Å². The summed E-state index contributed by atoms with van der Waals surface area (Å²) in [6.07, 6.45) is 5.84. The third-order valence-corrected chi connectivity index (χ3v) is 5.24. The molecule has 0 aliphatic rings. The standard InChI is InChI=1S/C16H22ClNS/c1-3-5-8-12(4-2)13(17)11-16-18-14-9-6-7-10-15(14)19-16/h6-7,9-10,12-13H,3-5,8,11H2,1-2H3. The van der Waals surface area contributed by atoms with Gasteiger partial charge in [0.2, 0.25) is 0 Å². The van der Waals surface area contributed by atoms with Crippen LogP contribution in [-0.2, 0) is 6.42 Å². The summed E-state index contributed by atoms with van der Waals surface area (Å²) in [4.78, 5) is 4.68. The zero-order valence-electron chi connectivity index (χ0n) is 11.7. The van der Waals surface area contributed by atoms with Crippen molar-refractivity contribution in [2.24, 2.45) is 5.92 Å². The van der Waals surface area contributed by atoms with Crippen LogP contribution < -0.4 is 0 Å². The number of halogens is 1. The molecule has 3 heteroatoms. The predicted octanol–water partition coefficient (Wildman–Crippen LogP) is 5.66. The highest BCUT2D eigenvalue weighted by Crippen LogP contribution is 2.28. The molecule has 2 rings (SSSR count). The van der Waals surface area contributed by atoms with Gasteiger partial charge >= 0.3 is 0 Å². The Morgan fingerprint density at radius 1 is 1.26 bits per heavy atom. The van der Waals surface area contributed by atoms with E-state index < -0.39 is 0 Å². The van der Waals surface area contributed by atoms with Gasteiger partial charge in [0.05, 0.1) is 15.2 Å². The summed E-state index contributed by atoms with van der Waals surface area (Å²) in [5.41, 5.74) is 1.10. The average Bonchev–Trinajstić information content (AvgIpc) is 2.81. The smallest absolute Gasteiger partial charge is 0.0953 e. The van der Waals surface area contributed by atoms with Gasteiger partial charge in [0.25, 0.3) is 0 Å². The van der Waals surface area contributed by atoms with E-state index in [0.717, 1.165) is 11.9 Å². The quantitative estimate of drug-likeness (QED) is 0.600. The third kappa shape index (κ3) is 3.93. The Kier molecular flexibility index (Phi) is 5.65. The number of aromatic nitrogens is 1. The lowest BCUT2D eigenvalue weighted by molar-refractivity contribution is 0.428. The number of alkyl halides is 1. The summed E-state index contributed by atoms with van der Waals surface area (Å²) >= 11 is 8.39. The van der Waals surface area contributed by atoms with Gasteiger partial charge in [0.15, 0.2) is 0 Å². The minimum absolute atomic E-state index is 0.220. The van der Waals surface area contributed by atoms with Crippen molar-refractivity contribution in [2.75, 3.05) is 0 Å². The molecule has 0 radical (unpaired) electrons. The van der Waals surface area contributed by atoms with E-state index in [2.05, 4.69) is 37.0 Å². The molecule has 104 valence electrons. The van der Waals surface area contributed by atoms with Crippen LogP contribution in [0.15, 0.2) is 24.3 Å². The van der Waals surface area contributed by atoms with Gasteiger partial charge in [-0.3, -0.25) is 0 Å². The van der Waals surface area contributed by atoms with Crippen LogP contribution in [-0.4, -0.2) is 10.4 Å². The van der Waals surface area contributed by atoms with Gasteiger partial charge in [-0.1, -0.05) is 45.2 Å². The zero-order valence-corrected chi connectivity index (χ0v) is 13.3. The first-order valence-electron chi connectivity index (χ1n) is 7.23. The van der Waals surface area contributed by atoms with Crippen LogP contribution in [0.2, 0.25) is 0 Å². The van der Waals surface area contributed by atoms with E-state index >= 15 is 0 Å². The van der Waals surface area contributed by atoms with Crippen molar-refractivity contribution in [3.05, 3.63) is 29.3 Å². The normalized spacial score (nSPS) is 14.7. The Hall–Kier alpha value is -0.600. The minimum atomic E-state index is 0.220. The summed E-state index contributed by atoms with van der Waals surface area (Å²) in [6.45, 7) is 4.48. The highest BCUT2D eigenvalue weighted by Gasteiger charge is 2.19. The molecule has 0 fully saturated rings. The molecule has 0 saturated carbocycles. The Morgan fingerprint density at radius 3 is 2.74 bits per heavy atom. The Balaban J connectivity index is 2.02. The molecule has 1 aromatic heterocycles. The molecule has 2 aromatic rings. The molecule has 0 aliphatic heterocycles. The van der Waals surface area contributed by atoms with Crippen molar-refractivity contribution < 1.29 is 0 Å². The first-order valence-corrected chi connectivity index (χ1v) is 8.48. The molecule has 1 heterocycles. The van der Waals surface area contributed by atoms with Crippen LogP contribution in [0, 0.1) is 5.92 Å². The molecule has 19 heavy (non-hydrogen) atoms. The van der Waals surface area contributed by atoms with Crippen LogP contribution in [0.4, 0.5) is 0 Å². The van der Waals surface area contributed by atoms with Gasteiger partial charge in [-0.25, -0.2) is 4.98 Å². The summed E-state index contributed by atoms with van der Waals surface area (Å²) in [6, 6.07) is 8.32. The van der Waals surface area contributed by atoms with Gasteiger partial charge in [0.1, 0.15) is 0 Å². The summed E-state index contributed by atoms with van der Waals surface area (Å²) in [5, 5.41) is 1.40. The van der Waals surface area contributed by atoms with Crippen molar-refractivity contribution >= 4 is 33.2 Å². The SMILES string of the molecule is CCCCC(CC)C(Cl)Cc1nc2ccccc2s1. The van der Waals surface area contributed by atoms with Crippen molar-refractivity contribution in [3.63, 3.8) is 0 Å². The van der Waals surface area contributed by atoms with E-state index in [1.54, 1.807) is 11.3 Å². The Morgan fingerprint density at radius 2 is 2.05 bits per heavy atom. The Bertz CT molecular complexity index is 475. The molecule has 0 saturated heterocycles. The molecule has 1 aromatic carbocycles. The molecule has 0 amide bonds. The lowest BCUT2D eigenvalue weighted by Gasteiger charge is -2.19. The molecule has 0 N–H and O–H groups in total. The van der Waals surface area contributed by atoms with Crippen LogP contribution in [0.5, 0.6) is 0 Å². The first kappa shape index (κ1) is 14.8. The first-order chi connectivity index (χ1) is 9.24. The third-order valence-electron chi connectivity index (χ3n) is 3.67. The second-order valence-corrected chi connectivity index (χ2v) is 6.78. The fraction of sp³-hybridized carbons (Fsp3) is 0.562. The number of para-hydroxylation sites is 1. The number of thiazole rings is 1. The largest absolute Gasteiger partial charge is 0.241 e. The van der Waals surface area contributed by atoms with E-state index in [1.165, 1.54) is 35.4 Å². The van der Waals surface area contributed by atoms with E-state index in [1.807, 2.05) is 6.07 Å².